The fraction of sp³-hybridized carbons (Fsp3) is 0.900. The molecule has 22 heavy (non-hydrogen) atoms. The average molecular weight is 416 g/mol. The fourth-order valence-electron chi connectivity index (χ4n) is 3.55. The molecule has 1 nitrogen and oxygen atoms in total. The molecule has 0 aromatic heterocycles. The van der Waals surface area contributed by atoms with Crippen LogP contribution in [0.15, 0.2) is 10.2 Å². The minimum atomic E-state index is -2.15. The van der Waals surface area contributed by atoms with Crippen molar-refractivity contribution in [1.29, 1.82) is 0 Å². The van der Waals surface area contributed by atoms with Crippen LogP contribution >= 0.6 is 0 Å². The molecule has 0 spiro atoms. The van der Waals surface area contributed by atoms with Crippen molar-refractivity contribution in [3.05, 3.63) is 10.2 Å². The molecule has 0 radical (unpaired) electrons. The fourth-order valence-corrected chi connectivity index (χ4v) is 19.4. The summed E-state index contributed by atoms with van der Waals surface area (Å²) in [6.07, 6.45) is 9.73. The molecular weight excluding hydrogens is 373 g/mol. The van der Waals surface area contributed by atoms with Crippen LogP contribution in [0.4, 0.5) is 0 Å². The zero-order valence-corrected chi connectivity index (χ0v) is 19.2. The predicted molar refractivity (Wildman–Crippen MR) is 106 cm³/mol. The molecule has 0 aliphatic rings. The molecule has 0 aromatic carbocycles. The predicted octanol–water partition coefficient (Wildman–Crippen LogP) is 6.66. The van der Waals surface area contributed by atoms with Gasteiger partial charge in [-0.05, 0) is 0 Å². The maximum atomic E-state index is 4.69. The monoisotopic (exact) mass is 417 g/mol. The van der Waals surface area contributed by atoms with Crippen molar-refractivity contribution in [2.75, 3.05) is 19.6 Å². The maximum absolute atomic E-state index is 4.69. The van der Waals surface area contributed by atoms with E-state index in [4.69, 9.17) is 6.58 Å². The SMILES string of the molecule is C=[C](CCN(CC)CC)[Sn]([CH2]CCC)([CH2]CCC)[CH2]CCC. The molecule has 0 N–H and O–H groups in total. The summed E-state index contributed by atoms with van der Waals surface area (Å²) in [5.74, 6) is 0. The Labute approximate surface area is 145 Å². The molecule has 0 bridgehead atoms. The van der Waals surface area contributed by atoms with Crippen LogP contribution in [0.2, 0.25) is 13.3 Å². The molecule has 0 aromatic rings. The first-order valence-electron chi connectivity index (χ1n) is 10.0. The summed E-state index contributed by atoms with van der Waals surface area (Å²) in [4.78, 5) is 2.57. The zero-order valence-electron chi connectivity index (χ0n) is 16.3. The van der Waals surface area contributed by atoms with E-state index in [2.05, 4.69) is 39.5 Å². The third-order valence-corrected chi connectivity index (χ3v) is 21.6. The van der Waals surface area contributed by atoms with Gasteiger partial charge in [-0.15, -0.1) is 0 Å². The molecule has 0 saturated heterocycles. The van der Waals surface area contributed by atoms with Gasteiger partial charge in [0.1, 0.15) is 0 Å². The van der Waals surface area contributed by atoms with E-state index in [0.29, 0.717) is 0 Å². The first kappa shape index (κ1) is 22.5. The van der Waals surface area contributed by atoms with Crippen LogP contribution in [0.25, 0.3) is 0 Å². The molecule has 2 heteroatoms. The van der Waals surface area contributed by atoms with Gasteiger partial charge in [0, 0.05) is 0 Å². The molecular formula is C20H43NSn. The van der Waals surface area contributed by atoms with Gasteiger partial charge in [-0.2, -0.15) is 0 Å². The second-order valence-electron chi connectivity index (χ2n) is 6.97. The summed E-state index contributed by atoms with van der Waals surface area (Å²) >= 11 is -2.15. The number of unbranched alkanes of at least 4 members (excludes halogenated alkanes) is 3. The van der Waals surface area contributed by atoms with Crippen LogP contribution in [0.1, 0.15) is 79.6 Å². The van der Waals surface area contributed by atoms with Gasteiger partial charge in [0.2, 0.25) is 0 Å². The van der Waals surface area contributed by atoms with E-state index in [1.807, 2.05) is 0 Å². The van der Waals surface area contributed by atoms with Gasteiger partial charge in [0.25, 0.3) is 0 Å². The summed E-state index contributed by atoms with van der Waals surface area (Å²) < 4.78 is 6.48. The molecule has 0 aliphatic carbocycles. The molecule has 0 fully saturated rings. The van der Waals surface area contributed by atoms with Crippen LogP contribution < -0.4 is 0 Å². The number of hydrogen-bond acceptors (Lipinski definition) is 1. The quantitative estimate of drug-likeness (QED) is 0.270. The summed E-state index contributed by atoms with van der Waals surface area (Å²) in [5.41, 5.74) is 0. The Morgan fingerprint density at radius 1 is 0.773 bits per heavy atom. The van der Waals surface area contributed by atoms with Crippen molar-refractivity contribution in [3.8, 4) is 0 Å². The first-order valence-corrected chi connectivity index (χ1v) is 17.5. The minimum absolute atomic E-state index is 1.19. The number of nitrogens with zero attached hydrogens (tertiary/aromatic N) is 1. The van der Waals surface area contributed by atoms with Crippen molar-refractivity contribution < 1.29 is 0 Å². The van der Waals surface area contributed by atoms with Gasteiger partial charge in [-0.1, -0.05) is 0 Å². The van der Waals surface area contributed by atoms with Crippen molar-refractivity contribution in [2.45, 2.75) is 92.9 Å². The van der Waals surface area contributed by atoms with Gasteiger partial charge in [-0.25, -0.2) is 0 Å². The van der Waals surface area contributed by atoms with Crippen LogP contribution in [-0.2, 0) is 0 Å². The molecule has 0 heterocycles. The van der Waals surface area contributed by atoms with Crippen molar-refractivity contribution in [2.24, 2.45) is 0 Å². The van der Waals surface area contributed by atoms with Gasteiger partial charge < -0.3 is 0 Å². The molecule has 0 amide bonds. The molecule has 0 rings (SSSR count). The van der Waals surface area contributed by atoms with E-state index in [-0.39, 0.29) is 0 Å². The van der Waals surface area contributed by atoms with Crippen LogP contribution in [0.3, 0.4) is 0 Å². The van der Waals surface area contributed by atoms with E-state index in [0.717, 1.165) is 0 Å². The Bertz CT molecular complexity index is 249. The summed E-state index contributed by atoms with van der Waals surface area (Å²) in [5, 5.41) is 0. The number of hydrogen-bond donors (Lipinski definition) is 0. The van der Waals surface area contributed by atoms with Crippen LogP contribution in [0.5, 0.6) is 0 Å². The Morgan fingerprint density at radius 3 is 1.50 bits per heavy atom. The zero-order chi connectivity index (χ0) is 16.8. The van der Waals surface area contributed by atoms with Crippen molar-refractivity contribution >= 4 is 18.4 Å². The second kappa shape index (κ2) is 13.9. The Balaban J connectivity index is 4.90. The molecule has 0 atom stereocenters. The Hall–Kier alpha value is 0.499. The summed E-state index contributed by atoms with van der Waals surface area (Å²) in [6, 6.07) is 0. The van der Waals surface area contributed by atoms with Crippen molar-refractivity contribution in [1.82, 2.24) is 4.90 Å². The van der Waals surface area contributed by atoms with E-state index in [9.17, 15) is 0 Å². The molecule has 0 unspecified atom stereocenters. The standard InChI is InChI=1S/C8H16N.3C4H9.Sn/c1-4-7-8-9(5-2)6-3;3*1-3-4-2;/h1,5-8H2,2-3H3;3*1,3-4H2,2H3;. The third-order valence-electron chi connectivity index (χ3n) is 5.40. The third kappa shape index (κ3) is 8.38. The van der Waals surface area contributed by atoms with Gasteiger partial charge in [0.05, 0.1) is 0 Å². The van der Waals surface area contributed by atoms with E-state index >= 15 is 0 Å². The van der Waals surface area contributed by atoms with E-state index in [1.165, 1.54) is 64.6 Å². The Kier molecular flexibility index (Phi) is 14.2. The molecule has 132 valence electrons. The first-order chi connectivity index (χ1) is 10.6. The van der Waals surface area contributed by atoms with Gasteiger partial charge in [0.15, 0.2) is 0 Å². The summed E-state index contributed by atoms with van der Waals surface area (Å²) in [6.45, 7) is 19.9. The Morgan fingerprint density at radius 2 is 1.18 bits per heavy atom. The molecule has 0 aliphatic heterocycles. The molecule has 0 saturated carbocycles. The van der Waals surface area contributed by atoms with Crippen LogP contribution in [0, 0.1) is 0 Å². The number of rotatable bonds is 15. The average Bonchev–Trinajstić information content (AvgIpc) is 2.55. The summed E-state index contributed by atoms with van der Waals surface area (Å²) in [7, 11) is 0. The van der Waals surface area contributed by atoms with Crippen molar-refractivity contribution in [3.63, 3.8) is 0 Å². The van der Waals surface area contributed by atoms with Gasteiger partial charge in [-0.3, -0.25) is 0 Å². The van der Waals surface area contributed by atoms with Crippen LogP contribution in [-0.4, -0.2) is 42.9 Å². The van der Waals surface area contributed by atoms with Gasteiger partial charge >= 0.3 is 146 Å². The second-order valence-corrected chi connectivity index (χ2v) is 20.6. The van der Waals surface area contributed by atoms with E-state index < -0.39 is 18.4 Å². The van der Waals surface area contributed by atoms with E-state index in [1.54, 1.807) is 16.9 Å². The topological polar surface area (TPSA) is 3.24 Å². The normalized spacial score (nSPS) is 12.1.